The summed E-state index contributed by atoms with van der Waals surface area (Å²) in [5.74, 6) is 0.575. The van der Waals surface area contributed by atoms with E-state index in [0.717, 1.165) is 5.69 Å². The zero-order valence-corrected chi connectivity index (χ0v) is 15.1. The van der Waals surface area contributed by atoms with E-state index in [2.05, 4.69) is 25.6 Å². The third kappa shape index (κ3) is 4.94. The molecule has 3 rings (SSSR count). The Balaban J connectivity index is 1.74. The van der Waals surface area contributed by atoms with Gasteiger partial charge in [-0.2, -0.15) is 0 Å². The molecule has 2 aromatic heterocycles. The van der Waals surface area contributed by atoms with Crippen LogP contribution in [0, 0.1) is 6.92 Å². The standard InChI is InChI=1S/C20H19N5O2/c1-13(26)15-6-5-8-16(10-15)25-20(27)18-11-19(24-14(2)23-18)22-12-17-7-3-4-9-21-17/h3-11H,12H2,1-2H3,(H,25,27)(H,22,23,24). The molecule has 0 saturated carbocycles. The van der Waals surface area contributed by atoms with E-state index in [1.54, 1.807) is 43.5 Å². The van der Waals surface area contributed by atoms with Crippen molar-refractivity contribution < 1.29 is 9.59 Å². The normalized spacial score (nSPS) is 10.3. The fourth-order valence-corrected chi connectivity index (χ4v) is 2.47. The molecular weight excluding hydrogens is 342 g/mol. The lowest BCUT2D eigenvalue weighted by Crippen LogP contribution is -2.16. The minimum absolute atomic E-state index is 0.0648. The van der Waals surface area contributed by atoms with Crippen molar-refractivity contribution in [1.29, 1.82) is 0 Å². The minimum atomic E-state index is -0.373. The van der Waals surface area contributed by atoms with Crippen molar-refractivity contribution in [2.24, 2.45) is 0 Å². The van der Waals surface area contributed by atoms with Crippen LogP contribution in [0.5, 0.6) is 0 Å². The molecule has 0 saturated heterocycles. The molecule has 3 aromatic rings. The largest absolute Gasteiger partial charge is 0.364 e. The highest BCUT2D eigenvalue weighted by atomic mass is 16.2. The Hall–Kier alpha value is -3.61. The lowest BCUT2D eigenvalue weighted by atomic mass is 10.1. The first-order valence-electron chi connectivity index (χ1n) is 8.43. The molecule has 2 N–H and O–H groups in total. The maximum atomic E-state index is 12.5. The van der Waals surface area contributed by atoms with Crippen molar-refractivity contribution in [3.05, 3.63) is 77.5 Å². The van der Waals surface area contributed by atoms with Gasteiger partial charge in [0.25, 0.3) is 5.91 Å². The first-order valence-corrected chi connectivity index (χ1v) is 8.43. The number of aryl methyl sites for hydroxylation is 1. The molecule has 7 nitrogen and oxygen atoms in total. The second kappa shape index (κ2) is 8.18. The van der Waals surface area contributed by atoms with Gasteiger partial charge in [-0.15, -0.1) is 0 Å². The number of benzene rings is 1. The lowest BCUT2D eigenvalue weighted by Gasteiger charge is -2.09. The van der Waals surface area contributed by atoms with E-state index < -0.39 is 0 Å². The Morgan fingerprint density at radius 1 is 1.04 bits per heavy atom. The number of hydrogen-bond donors (Lipinski definition) is 2. The predicted octanol–water partition coefficient (Wildman–Crippen LogP) is 3.25. The van der Waals surface area contributed by atoms with Crippen LogP contribution in [0.1, 0.15) is 39.3 Å². The second-order valence-electron chi connectivity index (χ2n) is 5.95. The van der Waals surface area contributed by atoms with E-state index in [0.29, 0.717) is 29.4 Å². The van der Waals surface area contributed by atoms with Crippen LogP contribution in [-0.4, -0.2) is 26.6 Å². The number of aromatic nitrogens is 3. The predicted molar refractivity (Wildman–Crippen MR) is 103 cm³/mol. The zero-order valence-electron chi connectivity index (χ0n) is 15.1. The van der Waals surface area contributed by atoms with E-state index in [-0.39, 0.29) is 17.4 Å². The number of carbonyl (C=O) groups is 2. The van der Waals surface area contributed by atoms with Gasteiger partial charge in [-0.1, -0.05) is 18.2 Å². The number of hydrogen-bond acceptors (Lipinski definition) is 6. The molecule has 0 aliphatic carbocycles. The van der Waals surface area contributed by atoms with E-state index in [4.69, 9.17) is 0 Å². The number of amides is 1. The third-order valence-corrected chi connectivity index (χ3v) is 3.77. The molecule has 0 aliphatic heterocycles. The molecule has 0 radical (unpaired) electrons. The van der Waals surface area contributed by atoms with E-state index in [1.807, 2.05) is 18.2 Å². The van der Waals surface area contributed by atoms with Crippen LogP contribution in [0.15, 0.2) is 54.7 Å². The van der Waals surface area contributed by atoms with Gasteiger partial charge in [0.1, 0.15) is 17.3 Å². The summed E-state index contributed by atoms with van der Waals surface area (Å²) in [6.07, 6.45) is 1.72. The number of ketones is 1. The van der Waals surface area contributed by atoms with Gasteiger partial charge in [-0.3, -0.25) is 14.6 Å². The molecule has 0 aliphatic rings. The molecule has 0 unspecified atom stereocenters. The highest BCUT2D eigenvalue weighted by Crippen LogP contribution is 2.14. The maximum Gasteiger partial charge on any atom is 0.274 e. The summed E-state index contributed by atoms with van der Waals surface area (Å²) in [7, 11) is 0. The van der Waals surface area contributed by atoms with Crippen LogP contribution in [-0.2, 0) is 6.54 Å². The SMILES string of the molecule is CC(=O)c1cccc(NC(=O)c2cc(NCc3ccccn3)nc(C)n2)c1. The summed E-state index contributed by atoms with van der Waals surface area (Å²) in [4.78, 5) is 36.8. The molecule has 0 spiro atoms. The second-order valence-corrected chi connectivity index (χ2v) is 5.95. The van der Waals surface area contributed by atoms with Crippen molar-refractivity contribution in [2.75, 3.05) is 10.6 Å². The molecule has 1 amide bonds. The number of carbonyl (C=O) groups excluding carboxylic acids is 2. The van der Waals surface area contributed by atoms with E-state index in [9.17, 15) is 9.59 Å². The summed E-state index contributed by atoms with van der Waals surface area (Å²) < 4.78 is 0. The van der Waals surface area contributed by atoms with Gasteiger partial charge in [0.15, 0.2) is 5.78 Å². The number of anilines is 2. The van der Waals surface area contributed by atoms with Crippen LogP contribution >= 0.6 is 0 Å². The van der Waals surface area contributed by atoms with Gasteiger partial charge in [0, 0.05) is 23.5 Å². The number of nitrogens with zero attached hydrogens (tertiary/aromatic N) is 3. The summed E-state index contributed by atoms with van der Waals surface area (Å²) in [5.41, 5.74) is 2.16. The first-order chi connectivity index (χ1) is 13.0. The molecule has 7 heteroatoms. The summed E-state index contributed by atoms with van der Waals surface area (Å²) >= 11 is 0. The number of nitrogens with one attached hydrogen (secondary N) is 2. The van der Waals surface area contributed by atoms with Crippen molar-refractivity contribution in [2.45, 2.75) is 20.4 Å². The van der Waals surface area contributed by atoms with Gasteiger partial charge in [-0.25, -0.2) is 9.97 Å². The Morgan fingerprint density at radius 2 is 1.89 bits per heavy atom. The third-order valence-electron chi connectivity index (χ3n) is 3.77. The Labute approximate surface area is 156 Å². The number of rotatable bonds is 6. The summed E-state index contributed by atoms with van der Waals surface area (Å²) in [6.45, 7) is 3.69. The molecule has 0 fully saturated rings. The Bertz CT molecular complexity index is 973. The minimum Gasteiger partial charge on any atom is -0.364 e. The van der Waals surface area contributed by atoms with Crippen LogP contribution < -0.4 is 10.6 Å². The van der Waals surface area contributed by atoms with Gasteiger partial charge < -0.3 is 10.6 Å². The average molecular weight is 361 g/mol. The molecule has 2 heterocycles. The van der Waals surface area contributed by atoms with Gasteiger partial charge in [0.05, 0.1) is 12.2 Å². The van der Waals surface area contributed by atoms with Gasteiger partial charge >= 0.3 is 0 Å². The van der Waals surface area contributed by atoms with Gasteiger partial charge in [0.2, 0.25) is 0 Å². The summed E-state index contributed by atoms with van der Waals surface area (Å²) in [5, 5.41) is 5.91. The van der Waals surface area contributed by atoms with E-state index >= 15 is 0 Å². The van der Waals surface area contributed by atoms with Crippen LogP contribution in [0.2, 0.25) is 0 Å². The average Bonchev–Trinajstić information content (AvgIpc) is 2.67. The van der Waals surface area contributed by atoms with E-state index in [1.165, 1.54) is 6.92 Å². The molecule has 27 heavy (non-hydrogen) atoms. The number of pyridine rings is 1. The number of Topliss-reactive ketones (excluding diaryl/α,β-unsaturated/α-hetero) is 1. The first kappa shape index (κ1) is 18.2. The molecular formula is C20H19N5O2. The van der Waals surface area contributed by atoms with Crippen molar-refractivity contribution >= 4 is 23.2 Å². The fraction of sp³-hybridized carbons (Fsp3) is 0.150. The molecule has 1 aromatic carbocycles. The maximum absolute atomic E-state index is 12.5. The Morgan fingerprint density at radius 3 is 2.63 bits per heavy atom. The van der Waals surface area contributed by atoms with Crippen molar-refractivity contribution in [1.82, 2.24) is 15.0 Å². The van der Waals surface area contributed by atoms with Crippen LogP contribution in [0.4, 0.5) is 11.5 Å². The topological polar surface area (TPSA) is 96.9 Å². The monoisotopic (exact) mass is 361 g/mol. The molecule has 0 atom stereocenters. The smallest absolute Gasteiger partial charge is 0.274 e. The van der Waals surface area contributed by atoms with Crippen LogP contribution in [0.3, 0.4) is 0 Å². The molecule has 136 valence electrons. The summed E-state index contributed by atoms with van der Waals surface area (Å²) in [6, 6.07) is 14.0. The fourth-order valence-electron chi connectivity index (χ4n) is 2.47. The Kier molecular flexibility index (Phi) is 5.51. The highest BCUT2D eigenvalue weighted by molar-refractivity contribution is 6.04. The van der Waals surface area contributed by atoms with Crippen molar-refractivity contribution in [3.63, 3.8) is 0 Å². The lowest BCUT2D eigenvalue weighted by molar-refractivity contribution is 0.100. The highest BCUT2D eigenvalue weighted by Gasteiger charge is 2.12. The van der Waals surface area contributed by atoms with Gasteiger partial charge in [-0.05, 0) is 38.1 Å². The molecule has 0 bridgehead atoms. The van der Waals surface area contributed by atoms with Crippen molar-refractivity contribution in [3.8, 4) is 0 Å². The quantitative estimate of drug-likeness (QED) is 0.654. The zero-order chi connectivity index (χ0) is 19.2. The van der Waals surface area contributed by atoms with Crippen LogP contribution in [0.25, 0.3) is 0 Å².